The van der Waals surface area contributed by atoms with Crippen molar-refractivity contribution >= 4 is 5.91 Å². The first-order valence-electron chi connectivity index (χ1n) is 10.0. The molecule has 1 aliphatic rings. The second-order valence-corrected chi connectivity index (χ2v) is 7.29. The lowest BCUT2D eigenvalue weighted by molar-refractivity contribution is -0.132. The van der Waals surface area contributed by atoms with Gasteiger partial charge in [0.25, 0.3) is 0 Å². The Kier molecular flexibility index (Phi) is 5.84. The Bertz CT molecular complexity index is 957. The number of aryl methyl sites for hydroxylation is 2. The van der Waals surface area contributed by atoms with Gasteiger partial charge in [0.05, 0.1) is 0 Å². The van der Waals surface area contributed by atoms with Crippen LogP contribution >= 0.6 is 0 Å². The van der Waals surface area contributed by atoms with Crippen molar-refractivity contribution in [3.8, 4) is 11.6 Å². The molecule has 0 bridgehead atoms. The second kappa shape index (κ2) is 8.86. The number of benzene rings is 1. The van der Waals surface area contributed by atoms with E-state index >= 15 is 0 Å². The number of aromatic nitrogens is 4. The zero-order chi connectivity index (χ0) is 20.1. The molecule has 7 heteroatoms. The molecule has 150 valence electrons. The molecule has 1 amide bonds. The average molecular weight is 391 g/mol. The van der Waals surface area contributed by atoms with E-state index in [1.165, 1.54) is 0 Å². The Morgan fingerprint density at radius 1 is 1.14 bits per heavy atom. The van der Waals surface area contributed by atoms with Crippen LogP contribution in [0.5, 0.6) is 11.6 Å². The molecule has 0 aliphatic carbocycles. The molecule has 0 saturated carbocycles. The summed E-state index contributed by atoms with van der Waals surface area (Å²) in [5.41, 5.74) is 1.88. The van der Waals surface area contributed by atoms with Crippen LogP contribution in [-0.2, 0) is 11.3 Å². The maximum absolute atomic E-state index is 12.8. The quantitative estimate of drug-likeness (QED) is 0.642. The minimum atomic E-state index is 0.117. The van der Waals surface area contributed by atoms with E-state index in [0.29, 0.717) is 25.4 Å². The van der Waals surface area contributed by atoms with E-state index < -0.39 is 0 Å². The first-order valence-corrected chi connectivity index (χ1v) is 10.0. The lowest BCUT2D eigenvalue weighted by Crippen LogP contribution is -2.39. The predicted molar refractivity (Wildman–Crippen MR) is 109 cm³/mol. The Morgan fingerprint density at radius 3 is 2.76 bits per heavy atom. The highest BCUT2D eigenvalue weighted by molar-refractivity contribution is 5.76. The predicted octanol–water partition coefficient (Wildman–Crippen LogP) is 3.57. The summed E-state index contributed by atoms with van der Waals surface area (Å²) < 4.78 is 7.85. The normalized spacial score (nSPS) is 16.6. The molecule has 2 aromatic heterocycles. The fraction of sp³-hybridized carbons (Fsp3) is 0.364. The number of carbonyl (C=O) groups is 1. The zero-order valence-electron chi connectivity index (χ0n) is 16.6. The molecule has 3 aromatic rings. The monoisotopic (exact) mass is 391 g/mol. The molecule has 0 N–H and O–H groups in total. The van der Waals surface area contributed by atoms with Gasteiger partial charge in [-0.3, -0.25) is 14.5 Å². The summed E-state index contributed by atoms with van der Waals surface area (Å²) in [5.74, 6) is 1.52. The summed E-state index contributed by atoms with van der Waals surface area (Å²) in [5, 5.41) is 4.26. The van der Waals surface area contributed by atoms with Gasteiger partial charge in [-0.2, -0.15) is 5.10 Å². The van der Waals surface area contributed by atoms with Crippen molar-refractivity contribution in [2.45, 2.75) is 38.6 Å². The smallest absolute Gasteiger partial charge is 0.241 e. The van der Waals surface area contributed by atoms with Crippen molar-refractivity contribution < 1.29 is 9.53 Å². The van der Waals surface area contributed by atoms with Crippen LogP contribution in [0.1, 0.15) is 36.6 Å². The molecule has 1 atom stereocenters. The van der Waals surface area contributed by atoms with Gasteiger partial charge in [0.1, 0.15) is 11.4 Å². The van der Waals surface area contributed by atoms with E-state index in [2.05, 4.69) is 15.1 Å². The van der Waals surface area contributed by atoms with Gasteiger partial charge < -0.3 is 9.64 Å². The molecule has 4 rings (SSSR count). The van der Waals surface area contributed by atoms with Crippen LogP contribution in [-0.4, -0.2) is 43.6 Å². The highest BCUT2D eigenvalue weighted by Crippen LogP contribution is 2.32. The maximum Gasteiger partial charge on any atom is 0.241 e. The molecule has 1 aliphatic heterocycles. The number of piperidine rings is 1. The number of nitrogens with zero attached hydrogens (tertiary/aromatic N) is 5. The van der Waals surface area contributed by atoms with E-state index in [1.807, 2.05) is 52.9 Å². The number of carbonyl (C=O) groups excluding carboxylic acids is 1. The topological polar surface area (TPSA) is 73.1 Å². The third kappa shape index (κ3) is 4.62. The van der Waals surface area contributed by atoms with Gasteiger partial charge in [-0.1, -0.05) is 18.2 Å². The number of amides is 1. The van der Waals surface area contributed by atoms with Gasteiger partial charge in [-0.15, -0.1) is 0 Å². The van der Waals surface area contributed by atoms with Gasteiger partial charge in [0.2, 0.25) is 11.8 Å². The Hall–Kier alpha value is -3.22. The third-order valence-electron chi connectivity index (χ3n) is 5.28. The molecule has 1 aromatic carbocycles. The number of hydrogen-bond acceptors (Lipinski definition) is 5. The van der Waals surface area contributed by atoms with Gasteiger partial charge >= 0.3 is 0 Å². The van der Waals surface area contributed by atoms with E-state index in [-0.39, 0.29) is 11.8 Å². The van der Waals surface area contributed by atoms with Crippen LogP contribution in [0.25, 0.3) is 0 Å². The van der Waals surface area contributed by atoms with Crippen molar-refractivity contribution in [1.82, 2.24) is 24.6 Å². The number of hydrogen-bond donors (Lipinski definition) is 0. The molecule has 3 heterocycles. The largest absolute Gasteiger partial charge is 0.437 e. The number of ether oxygens (including phenoxy) is 1. The van der Waals surface area contributed by atoms with E-state index in [0.717, 1.165) is 36.5 Å². The molecule has 1 saturated heterocycles. The average Bonchev–Trinajstić information content (AvgIpc) is 3.18. The van der Waals surface area contributed by atoms with Crippen LogP contribution in [0.3, 0.4) is 0 Å². The standard InChI is InChI=1S/C22H25N5O2/c1-17-9-11-25-27(17)15-10-20(28)26-14-5-6-18(16-26)21-22(24-13-12-23-21)29-19-7-3-2-4-8-19/h2-4,7-9,11-13,18H,5-6,10,14-16H2,1H3/t18-/m1/s1. The zero-order valence-corrected chi connectivity index (χ0v) is 16.6. The summed E-state index contributed by atoms with van der Waals surface area (Å²) in [6.07, 6.45) is 7.45. The van der Waals surface area contributed by atoms with Crippen LogP contribution in [0.15, 0.2) is 55.0 Å². The fourth-order valence-corrected chi connectivity index (χ4v) is 3.71. The molecular formula is C22H25N5O2. The Morgan fingerprint density at radius 2 is 1.97 bits per heavy atom. The van der Waals surface area contributed by atoms with Gasteiger partial charge in [-0.25, -0.2) is 4.98 Å². The Balaban J connectivity index is 1.43. The number of likely N-dealkylation sites (tertiary alicyclic amines) is 1. The van der Waals surface area contributed by atoms with Crippen LogP contribution in [0.2, 0.25) is 0 Å². The minimum Gasteiger partial charge on any atom is -0.437 e. The summed E-state index contributed by atoms with van der Waals surface area (Å²) in [7, 11) is 0. The van der Waals surface area contributed by atoms with Crippen molar-refractivity contribution in [2.24, 2.45) is 0 Å². The van der Waals surface area contributed by atoms with E-state index in [1.54, 1.807) is 18.6 Å². The van der Waals surface area contributed by atoms with Crippen LogP contribution in [0, 0.1) is 6.92 Å². The van der Waals surface area contributed by atoms with Gasteiger partial charge in [0.15, 0.2) is 0 Å². The second-order valence-electron chi connectivity index (χ2n) is 7.29. The molecule has 29 heavy (non-hydrogen) atoms. The SMILES string of the molecule is Cc1ccnn1CCC(=O)N1CCC[C@@H](c2nccnc2Oc2ccccc2)C1. The van der Waals surface area contributed by atoms with Crippen molar-refractivity contribution in [1.29, 1.82) is 0 Å². The van der Waals surface area contributed by atoms with Crippen molar-refractivity contribution in [3.05, 3.63) is 66.4 Å². The van der Waals surface area contributed by atoms with Gasteiger partial charge in [0, 0.05) is 56.3 Å². The highest BCUT2D eigenvalue weighted by Gasteiger charge is 2.28. The number of rotatable bonds is 6. The van der Waals surface area contributed by atoms with E-state index in [4.69, 9.17) is 4.74 Å². The molecule has 1 fully saturated rings. The molecular weight excluding hydrogens is 366 g/mol. The molecule has 0 unspecified atom stereocenters. The number of para-hydroxylation sites is 1. The summed E-state index contributed by atoms with van der Waals surface area (Å²) in [4.78, 5) is 23.7. The van der Waals surface area contributed by atoms with Crippen molar-refractivity contribution in [2.75, 3.05) is 13.1 Å². The highest BCUT2D eigenvalue weighted by atomic mass is 16.5. The Labute approximate surface area is 170 Å². The first kappa shape index (κ1) is 19.1. The van der Waals surface area contributed by atoms with E-state index in [9.17, 15) is 4.79 Å². The molecule has 0 radical (unpaired) electrons. The first-order chi connectivity index (χ1) is 14.2. The molecule has 7 nitrogen and oxygen atoms in total. The lowest BCUT2D eigenvalue weighted by atomic mass is 9.94. The third-order valence-corrected chi connectivity index (χ3v) is 5.28. The lowest BCUT2D eigenvalue weighted by Gasteiger charge is -2.33. The minimum absolute atomic E-state index is 0.117. The summed E-state index contributed by atoms with van der Waals surface area (Å²) in [6, 6.07) is 11.5. The summed E-state index contributed by atoms with van der Waals surface area (Å²) in [6.45, 7) is 4.02. The summed E-state index contributed by atoms with van der Waals surface area (Å²) >= 11 is 0. The van der Waals surface area contributed by atoms with Gasteiger partial charge in [-0.05, 0) is 38.0 Å². The van der Waals surface area contributed by atoms with Crippen molar-refractivity contribution in [3.63, 3.8) is 0 Å². The molecule has 0 spiro atoms. The van der Waals surface area contributed by atoms with Crippen LogP contribution < -0.4 is 4.74 Å². The maximum atomic E-state index is 12.8. The van der Waals surface area contributed by atoms with Crippen LogP contribution in [0.4, 0.5) is 0 Å². The fourth-order valence-electron chi connectivity index (χ4n) is 3.71.